The van der Waals surface area contributed by atoms with Gasteiger partial charge in [0.05, 0.1) is 24.0 Å². The molecule has 0 radical (unpaired) electrons. The van der Waals surface area contributed by atoms with Crippen LogP contribution in [0.1, 0.15) is 18.4 Å². The lowest BCUT2D eigenvalue weighted by Gasteiger charge is -2.11. The number of hydrogen-bond acceptors (Lipinski definition) is 7. The van der Waals surface area contributed by atoms with Crippen molar-refractivity contribution in [2.75, 3.05) is 31.6 Å². The summed E-state index contributed by atoms with van der Waals surface area (Å²) in [6, 6.07) is 7.37. The van der Waals surface area contributed by atoms with Gasteiger partial charge in [0, 0.05) is 30.8 Å². The highest BCUT2D eigenvalue weighted by atomic mass is 19.4. The highest BCUT2D eigenvalue weighted by Gasteiger charge is 2.32. The van der Waals surface area contributed by atoms with Gasteiger partial charge in [-0.1, -0.05) is 6.07 Å². The molecular formula is C23H25F4N7O2. The molecule has 0 saturated heterocycles. The van der Waals surface area contributed by atoms with Gasteiger partial charge in [0.2, 0.25) is 0 Å². The van der Waals surface area contributed by atoms with Crippen molar-refractivity contribution in [1.82, 2.24) is 30.3 Å². The average Bonchev–Trinajstić information content (AvgIpc) is 3.53. The van der Waals surface area contributed by atoms with Gasteiger partial charge in [-0.25, -0.2) is 4.39 Å². The summed E-state index contributed by atoms with van der Waals surface area (Å²) < 4.78 is 61.5. The minimum absolute atomic E-state index is 0.338. The molecule has 9 nitrogen and oxygen atoms in total. The average molecular weight is 507 g/mol. The Bertz CT molecular complexity index is 1250. The molecule has 4 aromatic rings. The zero-order valence-corrected chi connectivity index (χ0v) is 19.2. The first-order chi connectivity index (χ1) is 17.4. The van der Waals surface area contributed by atoms with E-state index in [-0.39, 0.29) is 0 Å². The third-order valence-corrected chi connectivity index (χ3v) is 5.27. The number of benzene rings is 2. The zero-order chi connectivity index (χ0) is 25.4. The fourth-order valence-corrected chi connectivity index (χ4v) is 3.57. The van der Waals surface area contributed by atoms with Gasteiger partial charge < -0.3 is 20.1 Å². The van der Waals surface area contributed by atoms with E-state index in [9.17, 15) is 17.6 Å². The molecular weight excluding hydrogens is 482 g/mol. The maximum Gasteiger partial charge on any atom is 0.573 e. The number of ether oxygens (including phenoxy) is 2. The second-order valence-corrected chi connectivity index (χ2v) is 7.93. The Morgan fingerprint density at radius 3 is 2.61 bits per heavy atom. The Hall–Kier alpha value is -3.71. The largest absolute Gasteiger partial charge is 0.573 e. The molecule has 0 amide bonds. The van der Waals surface area contributed by atoms with Crippen molar-refractivity contribution in [1.29, 1.82) is 0 Å². The van der Waals surface area contributed by atoms with E-state index < -0.39 is 17.9 Å². The second kappa shape index (κ2) is 11.8. The first kappa shape index (κ1) is 25.4. The molecule has 0 spiro atoms. The van der Waals surface area contributed by atoms with Crippen LogP contribution in [0, 0.1) is 5.82 Å². The highest BCUT2D eigenvalue weighted by Crippen LogP contribution is 2.27. The number of nitrogens with one attached hydrogen (secondary N) is 3. The van der Waals surface area contributed by atoms with Crippen molar-refractivity contribution >= 4 is 16.6 Å². The minimum atomic E-state index is -4.92. The van der Waals surface area contributed by atoms with E-state index in [0.29, 0.717) is 38.4 Å². The number of aromatic nitrogens is 5. The first-order valence-electron chi connectivity index (χ1n) is 11.3. The SMILES string of the molecule is Fc1cc(CNCCCCOCCNc2cc(-n3cnnc3)cc3[nH]ncc23)ccc1OC(F)(F)F. The number of halogens is 4. The third-order valence-electron chi connectivity index (χ3n) is 5.27. The lowest BCUT2D eigenvalue weighted by molar-refractivity contribution is -0.275. The number of H-pyrrole nitrogens is 1. The van der Waals surface area contributed by atoms with Crippen molar-refractivity contribution in [3.8, 4) is 11.4 Å². The summed E-state index contributed by atoms with van der Waals surface area (Å²) in [6.45, 7) is 2.73. The van der Waals surface area contributed by atoms with E-state index in [0.717, 1.165) is 47.3 Å². The van der Waals surface area contributed by atoms with Crippen molar-refractivity contribution < 1.29 is 27.0 Å². The molecule has 0 unspecified atom stereocenters. The summed E-state index contributed by atoms with van der Waals surface area (Å²) >= 11 is 0. The minimum Gasteiger partial charge on any atom is -0.403 e. The number of fused-ring (bicyclic) bond motifs is 1. The standard InChI is InChI=1S/C23H25F4N7O2/c24-19-9-16(3-4-22(19)36-23(25,26)27)12-28-5-1-2-7-35-8-6-29-20-10-17(34-14-31-32-15-34)11-21-18(20)13-30-33-21/h3-4,9-11,13-15,28-29H,1-2,5-8,12H2,(H,30,33). The van der Waals surface area contributed by atoms with E-state index in [1.165, 1.54) is 6.07 Å². The number of anilines is 1. The maximum atomic E-state index is 13.7. The van der Waals surface area contributed by atoms with E-state index in [2.05, 4.69) is 35.8 Å². The van der Waals surface area contributed by atoms with Crippen LogP contribution in [0.15, 0.2) is 49.2 Å². The Kier molecular flexibility index (Phi) is 8.33. The van der Waals surface area contributed by atoms with Gasteiger partial charge in [-0.15, -0.1) is 23.4 Å². The van der Waals surface area contributed by atoms with Crippen molar-refractivity contribution in [3.63, 3.8) is 0 Å². The van der Waals surface area contributed by atoms with Crippen LogP contribution >= 0.6 is 0 Å². The number of hydrogen-bond donors (Lipinski definition) is 3. The molecule has 4 rings (SSSR count). The van der Waals surface area contributed by atoms with Crippen LogP contribution in [0.5, 0.6) is 5.75 Å². The summed E-state index contributed by atoms with van der Waals surface area (Å²) in [4.78, 5) is 0. The molecule has 13 heteroatoms. The van der Waals surface area contributed by atoms with Gasteiger partial charge in [0.25, 0.3) is 0 Å². The number of aromatic amines is 1. The third kappa shape index (κ3) is 7.15. The number of unbranched alkanes of at least 4 members (excludes halogenated alkanes) is 1. The van der Waals surface area contributed by atoms with Gasteiger partial charge in [-0.05, 0) is 49.2 Å². The molecule has 0 aliphatic rings. The fourth-order valence-electron chi connectivity index (χ4n) is 3.57. The van der Waals surface area contributed by atoms with Gasteiger partial charge in [0.15, 0.2) is 11.6 Å². The number of alkyl halides is 3. The number of rotatable bonds is 13. The maximum absolute atomic E-state index is 13.7. The molecule has 192 valence electrons. The van der Waals surface area contributed by atoms with Crippen LogP contribution < -0.4 is 15.4 Å². The molecule has 3 N–H and O–H groups in total. The van der Waals surface area contributed by atoms with E-state index in [1.807, 2.05) is 16.7 Å². The summed E-state index contributed by atoms with van der Waals surface area (Å²) in [6.07, 6.45) is 1.76. The Labute approximate surface area is 203 Å². The van der Waals surface area contributed by atoms with Crippen molar-refractivity contribution in [2.24, 2.45) is 0 Å². The topological polar surface area (TPSA) is 102 Å². The van der Waals surface area contributed by atoms with Crippen LogP contribution in [0.2, 0.25) is 0 Å². The van der Waals surface area contributed by atoms with Crippen LogP contribution in [-0.2, 0) is 11.3 Å². The smallest absolute Gasteiger partial charge is 0.403 e. The second-order valence-electron chi connectivity index (χ2n) is 7.93. The Balaban J connectivity index is 1.10. The predicted molar refractivity (Wildman–Crippen MR) is 124 cm³/mol. The van der Waals surface area contributed by atoms with Crippen molar-refractivity contribution in [3.05, 3.63) is 60.6 Å². The van der Waals surface area contributed by atoms with Crippen LogP contribution in [0.25, 0.3) is 16.6 Å². The normalized spacial score (nSPS) is 11.8. The molecule has 0 aliphatic carbocycles. The van der Waals surface area contributed by atoms with Crippen molar-refractivity contribution in [2.45, 2.75) is 25.7 Å². The molecule has 2 aromatic heterocycles. The number of nitrogens with zero attached hydrogens (tertiary/aromatic N) is 4. The Morgan fingerprint density at radius 1 is 1.00 bits per heavy atom. The van der Waals surface area contributed by atoms with Crippen LogP contribution in [0.4, 0.5) is 23.2 Å². The summed E-state index contributed by atoms with van der Waals surface area (Å²) in [7, 11) is 0. The van der Waals surface area contributed by atoms with E-state index in [4.69, 9.17) is 4.74 Å². The van der Waals surface area contributed by atoms with E-state index >= 15 is 0 Å². The molecule has 0 saturated carbocycles. The molecule has 0 bridgehead atoms. The quantitative estimate of drug-likeness (QED) is 0.184. The molecule has 2 heterocycles. The Morgan fingerprint density at radius 2 is 1.83 bits per heavy atom. The first-order valence-corrected chi connectivity index (χ1v) is 11.3. The lowest BCUT2D eigenvalue weighted by atomic mass is 10.2. The lowest BCUT2D eigenvalue weighted by Crippen LogP contribution is -2.18. The molecule has 0 atom stereocenters. The molecule has 0 aliphatic heterocycles. The van der Waals surface area contributed by atoms with Gasteiger partial charge in [0.1, 0.15) is 12.7 Å². The summed E-state index contributed by atoms with van der Waals surface area (Å²) in [5, 5.41) is 22.2. The zero-order valence-electron chi connectivity index (χ0n) is 19.2. The fraction of sp³-hybridized carbons (Fsp3) is 0.348. The van der Waals surface area contributed by atoms with Gasteiger partial charge in [-0.2, -0.15) is 5.10 Å². The summed E-state index contributed by atoms with van der Waals surface area (Å²) in [5.74, 6) is -1.89. The van der Waals surface area contributed by atoms with E-state index in [1.54, 1.807) is 18.9 Å². The molecule has 0 fully saturated rings. The van der Waals surface area contributed by atoms with Gasteiger partial charge in [-0.3, -0.25) is 9.67 Å². The summed E-state index contributed by atoms with van der Waals surface area (Å²) in [5.41, 5.74) is 3.25. The molecule has 2 aromatic carbocycles. The monoisotopic (exact) mass is 507 g/mol. The van der Waals surface area contributed by atoms with Crippen LogP contribution in [0.3, 0.4) is 0 Å². The predicted octanol–water partition coefficient (Wildman–Crippen LogP) is 4.18. The van der Waals surface area contributed by atoms with Gasteiger partial charge >= 0.3 is 6.36 Å². The molecule has 36 heavy (non-hydrogen) atoms. The highest BCUT2D eigenvalue weighted by molar-refractivity contribution is 5.93. The van der Waals surface area contributed by atoms with Crippen LogP contribution in [-0.4, -0.2) is 57.6 Å².